The number of aryl methyl sites for hydroxylation is 1. The lowest BCUT2D eigenvalue weighted by atomic mass is 10.1. The van der Waals surface area contributed by atoms with E-state index in [2.05, 4.69) is 30.2 Å². The first-order valence-corrected chi connectivity index (χ1v) is 7.26. The number of nitrogens with one attached hydrogen (secondary N) is 1. The molecular weight excluding hydrogens is 240 g/mol. The minimum atomic E-state index is 0.181. The lowest BCUT2D eigenvalue weighted by Gasteiger charge is -2.26. The van der Waals surface area contributed by atoms with Gasteiger partial charge in [-0.1, -0.05) is 20.3 Å². The Balaban J connectivity index is 2.02. The molecule has 0 spiro atoms. The molecule has 1 aliphatic rings. The van der Waals surface area contributed by atoms with Gasteiger partial charge in [0.2, 0.25) is 5.88 Å². The molecule has 2 heterocycles. The third-order valence-electron chi connectivity index (χ3n) is 3.07. The van der Waals surface area contributed by atoms with Crippen molar-refractivity contribution < 1.29 is 9.47 Å². The number of hydrogen-bond donors (Lipinski definition) is 1. The second-order valence-corrected chi connectivity index (χ2v) is 5.01. The monoisotopic (exact) mass is 264 g/mol. The van der Waals surface area contributed by atoms with Crippen molar-refractivity contribution in [2.24, 2.45) is 0 Å². The summed E-state index contributed by atoms with van der Waals surface area (Å²) in [5.41, 5.74) is 2.37. The summed E-state index contributed by atoms with van der Waals surface area (Å²) >= 11 is 0. The summed E-state index contributed by atoms with van der Waals surface area (Å²) < 4.78 is 10.9. The van der Waals surface area contributed by atoms with Crippen LogP contribution in [0.25, 0.3) is 0 Å². The van der Waals surface area contributed by atoms with Gasteiger partial charge in [-0.3, -0.25) is 0 Å². The third kappa shape index (κ3) is 4.48. The summed E-state index contributed by atoms with van der Waals surface area (Å²) in [6.45, 7) is 7.63. The van der Waals surface area contributed by atoms with E-state index >= 15 is 0 Å². The van der Waals surface area contributed by atoms with Crippen molar-refractivity contribution >= 4 is 0 Å². The Morgan fingerprint density at radius 2 is 2.16 bits per heavy atom. The molecule has 106 valence electrons. The highest BCUT2D eigenvalue weighted by Crippen LogP contribution is 2.17. The highest BCUT2D eigenvalue weighted by atomic mass is 16.6. The first-order chi connectivity index (χ1) is 9.31. The molecule has 0 bridgehead atoms. The van der Waals surface area contributed by atoms with Gasteiger partial charge in [0.25, 0.3) is 0 Å². The molecule has 0 aromatic carbocycles. The number of pyridine rings is 1. The lowest BCUT2D eigenvalue weighted by molar-refractivity contribution is -0.0814. The average molecular weight is 264 g/mol. The van der Waals surface area contributed by atoms with Crippen molar-refractivity contribution in [1.29, 1.82) is 0 Å². The predicted molar refractivity (Wildman–Crippen MR) is 75.5 cm³/mol. The molecule has 1 aromatic heterocycles. The molecule has 2 rings (SSSR count). The summed E-state index contributed by atoms with van der Waals surface area (Å²) in [6, 6.07) is 4.22. The summed E-state index contributed by atoms with van der Waals surface area (Å²) in [4.78, 5) is 4.57. The molecule has 1 fully saturated rings. The van der Waals surface area contributed by atoms with E-state index in [1.165, 1.54) is 5.56 Å². The zero-order valence-corrected chi connectivity index (χ0v) is 11.9. The number of rotatable bonds is 8. The van der Waals surface area contributed by atoms with Crippen LogP contribution in [0.1, 0.15) is 37.9 Å². The van der Waals surface area contributed by atoms with Gasteiger partial charge in [-0.15, -0.1) is 0 Å². The van der Waals surface area contributed by atoms with Crippen LogP contribution in [-0.4, -0.2) is 30.8 Å². The summed E-state index contributed by atoms with van der Waals surface area (Å²) in [7, 11) is 0. The number of aromatic nitrogens is 1. The largest absolute Gasteiger partial charge is 0.469 e. The smallest absolute Gasteiger partial charge is 0.214 e. The van der Waals surface area contributed by atoms with Gasteiger partial charge in [0, 0.05) is 18.3 Å². The summed E-state index contributed by atoms with van der Waals surface area (Å²) in [6.07, 6.45) is 3.43. The summed E-state index contributed by atoms with van der Waals surface area (Å²) in [5.74, 6) is 0.743. The van der Waals surface area contributed by atoms with Gasteiger partial charge < -0.3 is 14.8 Å². The number of ether oxygens (including phenoxy) is 2. The van der Waals surface area contributed by atoms with Crippen molar-refractivity contribution in [3.05, 3.63) is 23.4 Å². The molecule has 0 saturated carbocycles. The van der Waals surface area contributed by atoms with Crippen LogP contribution in [0.2, 0.25) is 0 Å². The van der Waals surface area contributed by atoms with E-state index in [-0.39, 0.29) is 6.10 Å². The number of hydrogen-bond acceptors (Lipinski definition) is 4. The van der Waals surface area contributed by atoms with Gasteiger partial charge in [-0.2, -0.15) is 0 Å². The van der Waals surface area contributed by atoms with Crippen LogP contribution < -0.4 is 10.1 Å². The Bertz CT molecular complexity index is 392. The Hall–Kier alpha value is -1.13. The molecule has 0 amide bonds. The van der Waals surface area contributed by atoms with Crippen molar-refractivity contribution in [2.45, 2.75) is 45.8 Å². The highest BCUT2D eigenvalue weighted by Gasteiger charge is 2.21. The van der Waals surface area contributed by atoms with E-state index in [0.29, 0.717) is 13.2 Å². The molecule has 1 saturated heterocycles. The molecule has 4 heteroatoms. The maximum absolute atomic E-state index is 5.82. The minimum Gasteiger partial charge on any atom is -0.469 e. The van der Waals surface area contributed by atoms with Gasteiger partial charge in [-0.25, -0.2) is 4.98 Å². The second kappa shape index (κ2) is 7.46. The zero-order valence-electron chi connectivity index (χ0n) is 11.9. The molecule has 1 aliphatic heterocycles. The number of nitrogens with zero attached hydrogens (tertiary/aromatic N) is 1. The molecule has 1 N–H and O–H groups in total. The normalized spacial score (nSPS) is 15.3. The Labute approximate surface area is 115 Å². The van der Waals surface area contributed by atoms with E-state index in [1.54, 1.807) is 0 Å². The maximum Gasteiger partial charge on any atom is 0.214 e. The van der Waals surface area contributed by atoms with Crippen molar-refractivity contribution in [1.82, 2.24) is 10.3 Å². The van der Waals surface area contributed by atoms with Crippen LogP contribution in [-0.2, 0) is 17.7 Å². The van der Waals surface area contributed by atoms with Gasteiger partial charge in [0.05, 0.1) is 13.2 Å². The van der Waals surface area contributed by atoms with Crippen LogP contribution in [0.15, 0.2) is 12.1 Å². The van der Waals surface area contributed by atoms with Crippen molar-refractivity contribution in [3.8, 4) is 5.88 Å². The van der Waals surface area contributed by atoms with Crippen molar-refractivity contribution in [2.75, 3.05) is 19.8 Å². The topological polar surface area (TPSA) is 43.4 Å². The molecule has 0 radical (unpaired) electrons. The Kier molecular flexibility index (Phi) is 5.61. The van der Waals surface area contributed by atoms with Crippen molar-refractivity contribution in [3.63, 3.8) is 0 Å². The first kappa shape index (κ1) is 14.3. The fourth-order valence-corrected chi connectivity index (χ4v) is 2.03. The SMILES string of the molecule is CCCNCc1cc(CCC)nc(OC2COC2)c1. The van der Waals surface area contributed by atoms with Crippen LogP contribution in [0.5, 0.6) is 5.88 Å². The van der Waals surface area contributed by atoms with Gasteiger partial charge >= 0.3 is 0 Å². The summed E-state index contributed by atoms with van der Waals surface area (Å²) in [5, 5.41) is 3.42. The van der Waals surface area contributed by atoms with Gasteiger partial charge in [0.15, 0.2) is 0 Å². The highest BCUT2D eigenvalue weighted by molar-refractivity contribution is 5.25. The lowest BCUT2D eigenvalue weighted by Crippen LogP contribution is -2.38. The average Bonchev–Trinajstić information content (AvgIpc) is 2.35. The molecule has 0 aliphatic carbocycles. The predicted octanol–water partition coefficient (Wildman–Crippen LogP) is 2.31. The molecule has 0 unspecified atom stereocenters. The molecule has 1 aromatic rings. The minimum absolute atomic E-state index is 0.181. The standard InChI is InChI=1S/C15H24N2O2/c1-3-5-13-7-12(9-16-6-4-2)8-15(17-13)19-14-10-18-11-14/h7-8,14,16H,3-6,9-11H2,1-2H3. The van der Waals surface area contributed by atoms with E-state index in [4.69, 9.17) is 9.47 Å². The molecular formula is C15H24N2O2. The second-order valence-electron chi connectivity index (χ2n) is 5.01. The van der Waals surface area contributed by atoms with E-state index < -0.39 is 0 Å². The Morgan fingerprint density at radius 3 is 2.79 bits per heavy atom. The van der Waals surface area contributed by atoms with E-state index in [9.17, 15) is 0 Å². The maximum atomic E-state index is 5.82. The molecule has 0 atom stereocenters. The molecule has 4 nitrogen and oxygen atoms in total. The fourth-order valence-electron chi connectivity index (χ4n) is 2.03. The van der Waals surface area contributed by atoms with Gasteiger partial charge in [0.1, 0.15) is 6.10 Å². The van der Waals surface area contributed by atoms with Crippen LogP contribution in [0, 0.1) is 0 Å². The zero-order chi connectivity index (χ0) is 13.5. The van der Waals surface area contributed by atoms with Crippen LogP contribution >= 0.6 is 0 Å². The van der Waals surface area contributed by atoms with Gasteiger partial charge in [-0.05, 0) is 31.0 Å². The van der Waals surface area contributed by atoms with E-state index in [1.807, 2.05) is 6.07 Å². The fraction of sp³-hybridized carbons (Fsp3) is 0.667. The first-order valence-electron chi connectivity index (χ1n) is 7.26. The van der Waals surface area contributed by atoms with Crippen LogP contribution in [0.4, 0.5) is 0 Å². The molecule has 19 heavy (non-hydrogen) atoms. The third-order valence-corrected chi connectivity index (χ3v) is 3.07. The Morgan fingerprint density at radius 1 is 1.32 bits per heavy atom. The van der Waals surface area contributed by atoms with E-state index in [0.717, 1.165) is 43.9 Å². The quantitative estimate of drug-likeness (QED) is 0.732. The van der Waals surface area contributed by atoms with Crippen LogP contribution in [0.3, 0.4) is 0 Å².